The maximum Gasteiger partial charge on any atom is 0.306 e. The summed E-state index contributed by atoms with van der Waals surface area (Å²) < 4.78 is 18.1. The molecular formula is C16H12ClFO4S. The van der Waals surface area contributed by atoms with Gasteiger partial charge in [-0.25, -0.2) is 4.39 Å². The number of ether oxygens (including phenoxy) is 1. The number of thiophene rings is 1. The lowest BCUT2D eigenvalue weighted by molar-refractivity contribution is -0.142. The molecule has 2 aromatic rings. The van der Waals surface area contributed by atoms with Gasteiger partial charge in [-0.1, -0.05) is 11.6 Å². The number of Topliss-reactive ketones (excluding diaryl/α,β-unsaturated/α-hetero) is 2. The number of hydrogen-bond acceptors (Lipinski definition) is 5. The van der Waals surface area contributed by atoms with Gasteiger partial charge in [-0.2, -0.15) is 0 Å². The highest BCUT2D eigenvalue weighted by atomic mass is 35.5. The van der Waals surface area contributed by atoms with Gasteiger partial charge in [0.1, 0.15) is 5.82 Å². The molecular weight excluding hydrogens is 343 g/mol. The molecule has 0 amide bonds. The van der Waals surface area contributed by atoms with Gasteiger partial charge in [-0.15, -0.1) is 11.3 Å². The maximum atomic E-state index is 12.8. The summed E-state index contributed by atoms with van der Waals surface area (Å²) >= 11 is 6.82. The zero-order chi connectivity index (χ0) is 16.8. The highest BCUT2D eigenvalue weighted by Crippen LogP contribution is 2.21. The summed E-state index contributed by atoms with van der Waals surface area (Å²) in [6.07, 6.45) is -0.210. The molecule has 2 rings (SSSR count). The van der Waals surface area contributed by atoms with Crippen molar-refractivity contribution >= 4 is 40.5 Å². The predicted molar refractivity (Wildman–Crippen MR) is 84.6 cm³/mol. The fourth-order valence-corrected chi connectivity index (χ4v) is 2.72. The van der Waals surface area contributed by atoms with Crippen molar-refractivity contribution in [2.45, 2.75) is 12.8 Å². The average Bonchev–Trinajstić information content (AvgIpc) is 2.97. The van der Waals surface area contributed by atoms with E-state index in [1.807, 2.05) is 0 Å². The number of ketones is 2. The summed E-state index contributed by atoms with van der Waals surface area (Å²) in [6.45, 7) is -0.388. The molecule has 0 unspecified atom stereocenters. The summed E-state index contributed by atoms with van der Waals surface area (Å²) in [6, 6.07) is 8.21. The molecule has 7 heteroatoms. The van der Waals surface area contributed by atoms with Gasteiger partial charge in [0.15, 0.2) is 12.4 Å². The monoisotopic (exact) mass is 354 g/mol. The second-order valence-corrected chi connectivity index (χ2v) is 6.33. The fraction of sp³-hybridized carbons (Fsp3) is 0.188. The van der Waals surface area contributed by atoms with Crippen molar-refractivity contribution in [1.82, 2.24) is 0 Å². The molecule has 0 radical (unpaired) electrons. The lowest BCUT2D eigenvalue weighted by Crippen LogP contribution is -2.14. The summed E-state index contributed by atoms with van der Waals surface area (Å²) in [7, 11) is 0. The molecule has 4 nitrogen and oxygen atoms in total. The second kappa shape index (κ2) is 7.99. The molecule has 0 aliphatic rings. The number of carbonyl (C=O) groups excluding carboxylic acids is 3. The van der Waals surface area contributed by atoms with Crippen LogP contribution in [0.3, 0.4) is 0 Å². The van der Waals surface area contributed by atoms with E-state index in [2.05, 4.69) is 0 Å². The van der Waals surface area contributed by atoms with Crippen LogP contribution >= 0.6 is 22.9 Å². The number of rotatable bonds is 7. The first-order valence-corrected chi connectivity index (χ1v) is 7.88. The van der Waals surface area contributed by atoms with E-state index in [0.29, 0.717) is 14.8 Å². The van der Waals surface area contributed by atoms with Gasteiger partial charge in [0.05, 0.1) is 15.6 Å². The summed E-state index contributed by atoms with van der Waals surface area (Å²) in [5, 5.41) is 0. The molecule has 0 saturated heterocycles. The van der Waals surface area contributed by atoms with Crippen molar-refractivity contribution < 1.29 is 23.5 Å². The van der Waals surface area contributed by atoms with E-state index < -0.39 is 11.8 Å². The third kappa shape index (κ3) is 5.26. The molecule has 23 heavy (non-hydrogen) atoms. The van der Waals surface area contributed by atoms with Crippen LogP contribution in [0.1, 0.15) is 32.9 Å². The minimum Gasteiger partial charge on any atom is -0.457 e. The zero-order valence-corrected chi connectivity index (χ0v) is 13.5. The van der Waals surface area contributed by atoms with E-state index in [9.17, 15) is 18.8 Å². The van der Waals surface area contributed by atoms with Gasteiger partial charge < -0.3 is 4.74 Å². The van der Waals surface area contributed by atoms with Crippen LogP contribution in [0.25, 0.3) is 0 Å². The molecule has 1 aromatic heterocycles. The lowest BCUT2D eigenvalue weighted by atomic mass is 10.1. The number of carbonyl (C=O) groups is 3. The van der Waals surface area contributed by atoms with Crippen molar-refractivity contribution in [1.29, 1.82) is 0 Å². The first-order chi connectivity index (χ1) is 11.0. The average molecular weight is 355 g/mol. The molecule has 1 aromatic carbocycles. The van der Waals surface area contributed by atoms with E-state index in [1.165, 1.54) is 24.3 Å². The van der Waals surface area contributed by atoms with Gasteiger partial charge in [0.2, 0.25) is 5.78 Å². The SMILES string of the molecule is O=C(CCC(=O)c1ccc(F)cc1)OCC(=O)c1ccc(Cl)s1. The highest BCUT2D eigenvalue weighted by Gasteiger charge is 2.14. The third-order valence-corrected chi connectivity index (χ3v) is 4.21. The Balaban J connectivity index is 1.75. The Hall–Kier alpha value is -2.05. The highest BCUT2D eigenvalue weighted by molar-refractivity contribution is 7.18. The molecule has 0 aliphatic heterocycles. The first kappa shape index (κ1) is 17.3. The van der Waals surface area contributed by atoms with Gasteiger partial charge in [-0.3, -0.25) is 14.4 Å². The predicted octanol–water partition coefficient (Wildman–Crippen LogP) is 3.93. The number of hydrogen-bond donors (Lipinski definition) is 0. The Kier molecular flexibility index (Phi) is 6.01. The van der Waals surface area contributed by atoms with Crippen LogP contribution in [0, 0.1) is 5.82 Å². The molecule has 1 heterocycles. The van der Waals surface area contributed by atoms with Gasteiger partial charge in [-0.05, 0) is 36.4 Å². The standard InChI is InChI=1S/C16H12ClFO4S/c17-15-7-6-14(23-15)13(20)9-22-16(21)8-5-12(19)10-1-3-11(18)4-2-10/h1-4,6-7H,5,8-9H2. The molecule has 0 atom stereocenters. The van der Waals surface area contributed by atoms with Gasteiger partial charge >= 0.3 is 5.97 Å². The Morgan fingerprint density at radius 3 is 2.30 bits per heavy atom. The van der Waals surface area contributed by atoms with Crippen LogP contribution in [-0.2, 0) is 9.53 Å². The van der Waals surface area contributed by atoms with Crippen LogP contribution in [0.2, 0.25) is 4.34 Å². The Labute approximate surface area is 140 Å². The zero-order valence-electron chi connectivity index (χ0n) is 11.9. The Morgan fingerprint density at radius 2 is 1.70 bits per heavy atom. The topological polar surface area (TPSA) is 60.4 Å². The molecule has 0 saturated carbocycles. The quantitative estimate of drug-likeness (QED) is 0.558. The number of esters is 1. The summed E-state index contributed by atoms with van der Waals surface area (Å²) in [5.74, 6) is -1.72. The van der Waals surface area contributed by atoms with Crippen LogP contribution in [0.5, 0.6) is 0 Å². The fourth-order valence-electron chi connectivity index (χ4n) is 1.75. The molecule has 0 aliphatic carbocycles. The maximum absolute atomic E-state index is 12.8. The van der Waals surface area contributed by atoms with Gasteiger partial charge in [0, 0.05) is 12.0 Å². The van der Waals surface area contributed by atoms with E-state index in [4.69, 9.17) is 16.3 Å². The first-order valence-electron chi connectivity index (χ1n) is 6.68. The van der Waals surface area contributed by atoms with Crippen molar-refractivity contribution in [2.75, 3.05) is 6.61 Å². The second-order valence-electron chi connectivity index (χ2n) is 4.62. The van der Waals surface area contributed by atoms with Crippen molar-refractivity contribution in [2.24, 2.45) is 0 Å². The van der Waals surface area contributed by atoms with E-state index in [0.717, 1.165) is 11.3 Å². The number of halogens is 2. The summed E-state index contributed by atoms with van der Waals surface area (Å²) in [4.78, 5) is 35.5. The van der Waals surface area contributed by atoms with E-state index in [1.54, 1.807) is 12.1 Å². The van der Waals surface area contributed by atoms with Crippen LogP contribution in [0.4, 0.5) is 4.39 Å². The minimum absolute atomic E-state index is 0.0660. The van der Waals surface area contributed by atoms with Crippen LogP contribution < -0.4 is 0 Å². The molecule has 120 valence electrons. The van der Waals surface area contributed by atoms with Gasteiger partial charge in [0.25, 0.3) is 0 Å². The minimum atomic E-state index is -0.642. The molecule has 0 spiro atoms. The van der Waals surface area contributed by atoms with E-state index >= 15 is 0 Å². The summed E-state index contributed by atoms with van der Waals surface area (Å²) in [5.41, 5.74) is 0.323. The van der Waals surface area contributed by atoms with Crippen molar-refractivity contribution in [3.8, 4) is 0 Å². The van der Waals surface area contributed by atoms with E-state index in [-0.39, 0.29) is 31.0 Å². The number of benzene rings is 1. The molecule has 0 bridgehead atoms. The normalized spacial score (nSPS) is 10.3. The van der Waals surface area contributed by atoms with Crippen LogP contribution in [-0.4, -0.2) is 24.1 Å². The van der Waals surface area contributed by atoms with Crippen molar-refractivity contribution in [3.05, 3.63) is 57.0 Å². The largest absolute Gasteiger partial charge is 0.457 e. The molecule has 0 fully saturated rings. The van der Waals surface area contributed by atoms with Crippen molar-refractivity contribution in [3.63, 3.8) is 0 Å². The molecule has 0 N–H and O–H groups in total. The Morgan fingerprint density at radius 1 is 1.00 bits per heavy atom. The van der Waals surface area contributed by atoms with Crippen LogP contribution in [0.15, 0.2) is 36.4 Å². The Bertz CT molecular complexity index is 724. The smallest absolute Gasteiger partial charge is 0.306 e. The third-order valence-electron chi connectivity index (χ3n) is 2.93. The lowest BCUT2D eigenvalue weighted by Gasteiger charge is -2.03.